The highest BCUT2D eigenvalue weighted by molar-refractivity contribution is 5.91. The summed E-state index contributed by atoms with van der Waals surface area (Å²) < 4.78 is 5.91. The van der Waals surface area contributed by atoms with Crippen molar-refractivity contribution in [1.29, 1.82) is 0 Å². The molecule has 1 fully saturated rings. The van der Waals surface area contributed by atoms with E-state index in [-0.39, 0.29) is 11.8 Å². The molecule has 1 saturated heterocycles. The molecule has 2 aromatic carbocycles. The minimum Gasteiger partial charge on any atom is -0.457 e. The topological polar surface area (TPSA) is 83.1 Å². The number of hydrogen-bond acceptors (Lipinski definition) is 5. The summed E-state index contributed by atoms with van der Waals surface area (Å²) in [5.74, 6) is 1.59. The first kappa shape index (κ1) is 20.0. The van der Waals surface area contributed by atoms with E-state index in [2.05, 4.69) is 28.3 Å². The van der Waals surface area contributed by atoms with Crippen LogP contribution in [0.3, 0.4) is 0 Å². The third-order valence-corrected chi connectivity index (χ3v) is 5.62. The SMILES string of the molecule is C=CC(=O)NN1CCC(c2cc3cn[nH]c3c(-c3ccc(Oc4ccccc4)cc3)n2)C1. The number of carbonyl (C=O) groups excluding carboxylic acids is 1. The predicted molar refractivity (Wildman–Crippen MR) is 123 cm³/mol. The van der Waals surface area contributed by atoms with Gasteiger partial charge < -0.3 is 4.74 Å². The summed E-state index contributed by atoms with van der Waals surface area (Å²) in [5, 5.41) is 10.2. The highest BCUT2D eigenvalue weighted by atomic mass is 16.5. The molecule has 0 bridgehead atoms. The number of fused-ring (bicyclic) bond motifs is 1. The highest BCUT2D eigenvalue weighted by Crippen LogP contribution is 2.33. The molecule has 1 aliphatic heterocycles. The molecule has 1 amide bonds. The number of amides is 1. The Labute approximate surface area is 185 Å². The van der Waals surface area contributed by atoms with E-state index in [4.69, 9.17) is 9.72 Å². The number of benzene rings is 2. The van der Waals surface area contributed by atoms with Gasteiger partial charge >= 0.3 is 0 Å². The number of para-hydroxylation sites is 1. The molecule has 3 heterocycles. The Morgan fingerprint density at radius 3 is 2.72 bits per heavy atom. The zero-order valence-electron chi connectivity index (χ0n) is 17.5. The van der Waals surface area contributed by atoms with Gasteiger partial charge in [-0.1, -0.05) is 24.8 Å². The lowest BCUT2D eigenvalue weighted by Gasteiger charge is -2.16. The van der Waals surface area contributed by atoms with Crippen LogP contribution < -0.4 is 10.2 Å². The van der Waals surface area contributed by atoms with Crippen LogP contribution in [-0.4, -0.2) is 39.2 Å². The molecule has 1 aliphatic rings. The summed E-state index contributed by atoms with van der Waals surface area (Å²) in [4.78, 5) is 16.6. The lowest BCUT2D eigenvalue weighted by atomic mass is 10.0. The van der Waals surface area contributed by atoms with Crippen molar-refractivity contribution in [1.82, 2.24) is 25.6 Å². The molecule has 7 nitrogen and oxygen atoms in total. The molecule has 4 aromatic rings. The van der Waals surface area contributed by atoms with Crippen molar-refractivity contribution >= 4 is 16.8 Å². The van der Waals surface area contributed by atoms with E-state index in [0.717, 1.165) is 52.3 Å². The standard InChI is InChI=1S/C25H23N5O2/c1-2-23(31)29-30-13-12-18(16-30)22-14-19-15-26-28-25(19)24(27-22)17-8-10-21(11-9-17)32-20-6-4-3-5-7-20/h2-11,14-15,18H,1,12-13,16H2,(H,26,28)(H,29,31). The second-order valence-corrected chi connectivity index (χ2v) is 7.78. The highest BCUT2D eigenvalue weighted by Gasteiger charge is 2.27. The minimum absolute atomic E-state index is 0.192. The summed E-state index contributed by atoms with van der Waals surface area (Å²) in [7, 11) is 0. The summed E-state index contributed by atoms with van der Waals surface area (Å²) >= 11 is 0. The fourth-order valence-corrected chi connectivity index (χ4v) is 4.00. The van der Waals surface area contributed by atoms with Crippen LogP contribution in [0.5, 0.6) is 11.5 Å². The van der Waals surface area contributed by atoms with E-state index >= 15 is 0 Å². The number of H-pyrrole nitrogens is 1. The second kappa shape index (κ2) is 8.64. The number of aromatic amines is 1. The molecule has 0 aliphatic carbocycles. The maximum absolute atomic E-state index is 11.6. The van der Waals surface area contributed by atoms with Gasteiger partial charge in [0.15, 0.2) is 0 Å². The normalized spacial score (nSPS) is 16.2. The van der Waals surface area contributed by atoms with Crippen molar-refractivity contribution in [3.8, 4) is 22.8 Å². The Kier molecular flexibility index (Phi) is 5.39. The molecule has 160 valence electrons. The van der Waals surface area contributed by atoms with Crippen LogP contribution in [0.2, 0.25) is 0 Å². The van der Waals surface area contributed by atoms with Crippen molar-refractivity contribution in [3.05, 3.63) is 85.2 Å². The van der Waals surface area contributed by atoms with Gasteiger partial charge in [0.2, 0.25) is 0 Å². The Balaban J connectivity index is 1.41. The number of ether oxygens (including phenoxy) is 1. The molecule has 5 rings (SSSR count). The van der Waals surface area contributed by atoms with Gasteiger partial charge in [-0.15, -0.1) is 0 Å². The van der Waals surface area contributed by atoms with Gasteiger partial charge in [-0.2, -0.15) is 5.10 Å². The Hall–Kier alpha value is -3.97. The smallest absolute Gasteiger partial charge is 0.257 e. The molecule has 2 aromatic heterocycles. The zero-order valence-corrected chi connectivity index (χ0v) is 17.5. The van der Waals surface area contributed by atoms with Crippen molar-refractivity contribution in [3.63, 3.8) is 0 Å². The van der Waals surface area contributed by atoms with Gasteiger partial charge in [0.1, 0.15) is 11.5 Å². The molecular weight excluding hydrogens is 402 g/mol. The van der Waals surface area contributed by atoms with E-state index in [0.29, 0.717) is 6.54 Å². The van der Waals surface area contributed by atoms with Crippen LogP contribution in [0.25, 0.3) is 22.2 Å². The average Bonchev–Trinajstić information content (AvgIpc) is 3.49. The molecule has 0 saturated carbocycles. The van der Waals surface area contributed by atoms with Gasteiger partial charge in [-0.05, 0) is 55.0 Å². The lowest BCUT2D eigenvalue weighted by Crippen LogP contribution is -2.39. The number of aromatic nitrogens is 3. The third kappa shape index (κ3) is 4.10. The van der Waals surface area contributed by atoms with Crippen molar-refractivity contribution in [2.75, 3.05) is 13.1 Å². The first-order valence-corrected chi connectivity index (χ1v) is 10.5. The number of rotatable bonds is 6. The number of pyridine rings is 1. The Morgan fingerprint density at radius 2 is 1.94 bits per heavy atom. The zero-order chi connectivity index (χ0) is 21.9. The van der Waals surface area contributed by atoms with Gasteiger partial charge in [0.05, 0.1) is 17.4 Å². The van der Waals surface area contributed by atoms with Crippen LogP contribution >= 0.6 is 0 Å². The number of nitrogens with one attached hydrogen (secondary N) is 2. The third-order valence-electron chi connectivity index (χ3n) is 5.62. The fraction of sp³-hybridized carbons (Fsp3) is 0.160. The molecule has 1 atom stereocenters. The Bertz CT molecular complexity index is 1250. The maximum atomic E-state index is 11.6. The second-order valence-electron chi connectivity index (χ2n) is 7.78. The van der Waals surface area contributed by atoms with Crippen molar-refractivity contribution in [2.45, 2.75) is 12.3 Å². The number of nitrogens with zero attached hydrogens (tertiary/aromatic N) is 3. The van der Waals surface area contributed by atoms with E-state index in [1.54, 1.807) is 0 Å². The van der Waals surface area contributed by atoms with Gasteiger partial charge in [0.25, 0.3) is 5.91 Å². The predicted octanol–water partition coefficient (Wildman–Crippen LogP) is 4.42. The fourth-order valence-electron chi connectivity index (χ4n) is 4.00. The van der Waals surface area contributed by atoms with Crippen LogP contribution in [-0.2, 0) is 4.79 Å². The largest absolute Gasteiger partial charge is 0.457 e. The molecule has 32 heavy (non-hydrogen) atoms. The van der Waals surface area contributed by atoms with Crippen LogP contribution in [0, 0.1) is 0 Å². The van der Waals surface area contributed by atoms with Gasteiger partial charge in [-0.25, -0.2) is 5.01 Å². The van der Waals surface area contributed by atoms with Crippen LogP contribution in [0.4, 0.5) is 0 Å². The van der Waals surface area contributed by atoms with Crippen molar-refractivity contribution < 1.29 is 9.53 Å². The van der Waals surface area contributed by atoms with E-state index in [1.807, 2.05) is 65.8 Å². The molecule has 2 N–H and O–H groups in total. The molecule has 0 spiro atoms. The molecule has 0 radical (unpaired) electrons. The molecule has 7 heteroatoms. The van der Waals surface area contributed by atoms with Crippen LogP contribution in [0.1, 0.15) is 18.0 Å². The summed E-state index contributed by atoms with van der Waals surface area (Å²) in [6, 6.07) is 19.7. The number of hydrazine groups is 1. The molecular formula is C25H23N5O2. The van der Waals surface area contributed by atoms with E-state index in [9.17, 15) is 4.79 Å². The molecule has 1 unspecified atom stereocenters. The summed E-state index contributed by atoms with van der Waals surface area (Å²) in [6.45, 7) is 4.99. The maximum Gasteiger partial charge on any atom is 0.257 e. The summed E-state index contributed by atoms with van der Waals surface area (Å²) in [5.41, 5.74) is 6.59. The van der Waals surface area contributed by atoms with Crippen molar-refractivity contribution in [2.24, 2.45) is 0 Å². The minimum atomic E-state index is -0.192. The lowest BCUT2D eigenvalue weighted by molar-refractivity contribution is -0.120. The van der Waals surface area contributed by atoms with E-state index in [1.165, 1.54) is 6.08 Å². The Morgan fingerprint density at radius 1 is 1.16 bits per heavy atom. The van der Waals surface area contributed by atoms with Gasteiger partial charge in [0, 0.05) is 35.7 Å². The average molecular weight is 425 g/mol. The first-order valence-electron chi connectivity index (χ1n) is 10.5. The van der Waals surface area contributed by atoms with E-state index < -0.39 is 0 Å². The first-order chi connectivity index (χ1) is 15.7. The number of carbonyl (C=O) groups is 1. The number of hydrogen-bond donors (Lipinski definition) is 2. The quantitative estimate of drug-likeness (QED) is 0.447. The van der Waals surface area contributed by atoms with Gasteiger partial charge in [-0.3, -0.25) is 20.3 Å². The monoisotopic (exact) mass is 425 g/mol. The summed E-state index contributed by atoms with van der Waals surface area (Å²) in [6.07, 6.45) is 4.02. The van der Waals surface area contributed by atoms with Crippen LogP contribution in [0.15, 0.2) is 79.5 Å².